The van der Waals surface area contributed by atoms with Gasteiger partial charge in [-0.3, -0.25) is 19.2 Å². The second kappa shape index (κ2) is 10.7. The van der Waals surface area contributed by atoms with Crippen LogP contribution in [-0.4, -0.2) is 76.9 Å². The summed E-state index contributed by atoms with van der Waals surface area (Å²) in [7, 11) is 0. The number of amides is 2. The van der Waals surface area contributed by atoms with Gasteiger partial charge in [0.15, 0.2) is 6.10 Å². The lowest BCUT2D eigenvalue weighted by Crippen LogP contribution is -2.52. The lowest BCUT2D eigenvalue weighted by atomic mass is 9.86. The molecule has 1 rings (SSSR count). The van der Waals surface area contributed by atoms with Crippen LogP contribution in [0, 0.1) is 5.41 Å². The van der Waals surface area contributed by atoms with Crippen LogP contribution in [-0.2, 0) is 28.7 Å². The van der Waals surface area contributed by atoms with Crippen LogP contribution in [0.4, 0.5) is 4.79 Å². The zero-order chi connectivity index (χ0) is 21.3. The average molecular weight is 420 g/mol. The number of carbonyl (C=O) groups is 5. The Bertz CT molecular complexity index is 623. The number of carboxylic acids is 2. The van der Waals surface area contributed by atoms with Crippen LogP contribution in [0.5, 0.6) is 0 Å². The number of ether oxygens (including phenoxy) is 2. The monoisotopic (exact) mass is 420 g/mol. The summed E-state index contributed by atoms with van der Waals surface area (Å²) < 4.78 is 9.65. The molecule has 1 unspecified atom stereocenters. The maximum absolute atomic E-state index is 12.1. The molecule has 2 atom stereocenters. The summed E-state index contributed by atoms with van der Waals surface area (Å²) in [6.45, 7) is 3.65. The fraction of sp³-hybridized carbons (Fsp3) is 0.688. The molecule has 158 valence electrons. The zero-order valence-corrected chi connectivity index (χ0v) is 16.4. The first-order chi connectivity index (χ1) is 13.0. The van der Waals surface area contributed by atoms with Crippen LogP contribution in [0.25, 0.3) is 0 Å². The van der Waals surface area contributed by atoms with Crippen LogP contribution >= 0.6 is 11.8 Å². The van der Waals surface area contributed by atoms with Crippen molar-refractivity contribution in [3.63, 3.8) is 0 Å². The molecule has 0 aromatic heterocycles. The number of rotatable bonds is 11. The van der Waals surface area contributed by atoms with Crippen LogP contribution in [0.3, 0.4) is 0 Å². The van der Waals surface area contributed by atoms with Crippen LogP contribution in [0.1, 0.15) is 26.7 Å². The molecular weight excluding hydrogens is 396 g/mol. The smallest absolute Gasteiger partial charge is 0.481 e. The zero-order valence-electron chi connectivity index (χ0n) is 15.6. The number of hydrogen-bond acceptors (Lipinski definition) is 8. The Labute approximate surface area is 165 Å². The molecule has 0 spiro atoms. The third-order valence-corrected chi connectivity index (χ3v) is 4.96. The number of hydrogen-bond donors (Lipinski definition) is 4. The van der Waals surface area contributed by atoms with E-state index in [1.165, 1.54) is 0 Å². The normalized spacial score (nSPS) is 18.9. The van der Waals surface area contributed by atoms with E-state index in [0.717, 1.165) is 11.8 Å². The van der Waals surface area contributed by atoms with Crippen molar-refractivity contribution in [1.29, 1.82) is 0 Å². The van der Waals surface area contributed by atoms with E-state index in [9.17, 15) is 24.0 Å². The molecule has 28 heavy (non-hydrogen) atoms. The fourth-order valence-corrected chi connectivity index (χ4v) is 3.17. The summed E-state index contributed by atoms with van der Waals surface area (Å²) >= 11 is 0.922. The summed E-state index contributed by atoms with van der Waals surface area (Å²) in [6, 6.07) is 0. The molecule has 1 aliphatic rings. The van der Waals surface area contributed by atoms with E-state index in [0.29, 0.717) is 0 Å². The van der Waals surface area contributed by atoms with Gasteiger partial charge in [-0.05, 0) is 0 Å². The molecule has 0 radical (unpaired) electrons. The van der Waals surface area contributed by atoms with E-state index in [1.807, 2.05) is 0 Å². The number of carboxylic acid groups (broad SMARTS) is 2. The fourth-order valence-electron chi connectivity index (χ4n) is 2.27. The van der Waals surface area contributed by atoms with E-state index in [1.54, 1.807) is 13.8 Å². The van der Waals surface area contributed by atoms with E-state index in [-0.39, 0.29) is 37.8 Å². The van der Waals surface area contributed by atoms with Gasteiger partial charge in [0, 0.05) is 30.7 Å². The lowest BCUT2D eigenvalue weighted by molar-refractivity contribution is -0.149. The van der Waals surface area contributed by atoms with Crippen molar-refractivity contribution >= 4 is 41.7 Å². The minimum Gasteiger partial charge on any atom is -0.481 e. The van der Waals surface area contributed by atoms with Gasteiger partial charge in [-0.15, -0.1) is 11.8 Å². The molecule has 1 saturated heterocycles. The minimum absolute atomic E-state index is 0.0223. The van der Waals surface area contributed by atoms with Crippen molar-refractivity contribution in [2.24, 2.45) is 5.41 Å². The van der Waals surface area contributed by atoms with E-state index >= 15 is 0 Å². The highest BCUT2D eigenvalue weighted by atomic mass is 32.2. The van der Waals surface area contributed by atoms with Crippen LogP contribution < -0.4 is 10.6 Å². The van der Waals surface area contributed by atoms with Crippen molar-refractivity contribution in [1.82, 2.24) is 10.6 Å². The van der Waals surface area contributed by atoms with Crippen molar-refractivity contribution < 1.29 is 43.7 Å². The number of nitrogens with one attached hydrogen (secondary N) is 2. The van der Waals surface area contributed by atoms with Gasteiger partial charge in [0.1, 0.15) is 11.9 Å². The number of cyclic esters (lactones) is 2. The Morgan fingerprint density at radius 3 is 2.50 bits per heavy atom. The first-order valence-corrected chi connectivity index (χ1v) is 9.52. The van der Waals surface area contributed by atoms with Gasteiger partial charge in [-0.25, -0.2) is 4.79 Å². The lowest BCUT2D eigenvalue weighted by Gasteiger charge is -2.35. The Hall–Kier alpha value is -2.50. The summed E-state index contributed by atoms with van der Waals surface area (Å²) in [5, 5.41) is 21.5. The first-order valence-electron chi connectivity index (χ1n) is 8.47. The highest BCUT2D eigenvalue weighted by Gasteiger charge is 2.43. The van der Waals surface area contributed by atoms with Gasteiger partial charge in [0.25, 0.3) is 5.91 Å². The molecule has 2 amide bonds. The molecule has 0 aromatic rings. The van der Waals surface area contributed by atoms with E-state index in [4.69, 9.17) is 19.7 Å². The molecule has 1 heterocycles. The summed E-state index contributed by atoms with van der Waals surface area (Å²) in [5.74, 6) is -3.09. The second-order valence-corrected chi connectivity index (χ2v) is 8.02. The molecule has 12 heteroatoms. The van der Waals surface area contributed by atoms with Gasteiger partial charge in [-0.2, -0.15) is 0 Å². The van der Waals surface area contributed by atoms with Gasteiger partial charge in [-0.1, -0.05) is 13.8 Å². The Balaban J connectivity index is 2.26. The second-order valence-electron chi connectivity index (χ2n) is 6.71. The molecule has 0 aliphatic carbocycles. The van der Waals surface area contributed by atoms with E-state index < -0.39 is 47.2 Å². The van der Waals surface area contributed by atoms with E-state index in [2.05, 4.69) is 10.6 Å². The quantitative estimate of drug-likeness (QED) is 0.260. The summed E-state index contributed by atoms with van der Waals surface area (Å²) in [4.78, 5) is 56.6. The standard InChI is InChI=1S/C16H24N2O9S/c1-16(2)8-26-15(25)27-12(16)13(22)18-4-3-10(19)17-5-6-28-9(14(23)24)7-11(20)21/h9,12H,3-8H2,1-2H3,(H,17,19)(H,18,22)(H,20,21)(H,23,24)/t9?,12-/m0/s1. The maximum Gasteiger partial charge on any atom is 0.509 e. The molecule has 11 nitrogen and oxygen atoms in total. The molecule has 0 saturated carbocycles. The Morgan fingerprint density at radius 1 is 1.21 bits per heavy atom. The summed E-state index contributed by atoms with van der Waals surface area (Å²) in [5.41, 5.74) is -0.700. The van der Waals surface area contributed by atoms with Gasteiger partial charge < -0.3 is 30.3 Å². The molecule has 0 aromatic carbocycles. The summed E-state index contributed by atoms with van der Waals surface area (Å²) in [6.07, 6.45) is -2.47. The predicted octanol–water partition coefficient (Wildman–Crippen LogP) is -0.168. The third kappa shape index (κ3) is 8.03. The van der Waals surface area contributed by atoms with Crippen LogP contribution in [0.15, 0.2) is 0 Å². The SMILES string of the molecule is CC1(C)COC(=O)O[C@H]1C(=O)NCCC(=O)NCCSC(CC(=O)O)C(=O)O. The molecular formula is C16H24N2O9S. The van der Waals surface area contributed by atoms with Crippen molar-refractivity contribution in [3.8, 4) is 0 Å². The van der Waals surface area contributed by atoms with Crippen LogP contribution in [0.2, 0.25) is 0 Å². The number of thioether (sulfide) groups is 1. The molecule has 1 aliphatic heterocycles. The molecule has 4 N–H and O–H groups in total. The third-order valence-electron chi connectivity index (χ3n) is 3.75. The van der Waals surface area contributed by atoms with Crippen molar-refractivity contribution in [3.05, 3.63) is 0 Å². The number of aliphatic carboxylic acids is 2. The van der Waals surface area contributed by atoms with Gasteiger partial charge in [0.2, 0.25) is 5.91 Å². The van der Waals surface area contributed by atoms with Crippen molar-refractivity contribution in [2.75, 3.05) is 25.4 Å². The molecule has 0 bridgehead atoms. The topological polar surface area (TPSA) is 168 Å². The van der Waals surface area contributed by atoms with Crippen molar-refractivity contribution in [2.45, 2.75) is 38.0 Å². The maximum atomic E-state index is 12.1. The minimum atomic E-state index is -1.22. The molecule has 1 fully saturated rings. The highest BCUT2D eigenvalue weighted by molar-refractivity contribution is 8.00. The van der Waals surface area contributed by atoms with Gasteiger partial charge >= 0.3 is 18.1 Å². The predicted molar refractivity (Wildman–Crippen MR) is 96.8 cm³/mol. The Kier molecular flexibility index (Phi) is 9.03. The van der Waals surface area contributed by atoms with Gasteiger partial charge in [0.05, 0.1) is 6.42 Å². The number of carbonyl (C=O) groups excluding carboxylic acids is 3. The first kappa shape index (κ1) is 23.5. The highest BCUT2D eigenvalue weighted by Crippen LogP contribution is 2.28. The Morgan fingerprint density at radius 2 is 1.89 bits per heavy atom. The largest absolute Gasteiger partial charge is 0.509 e. The average Bonchev–Trinajstić information content (AvgIpc) is 2.59.